The van der Waals surface area contributed by atoms with Crippen LogP contribution in [0.25, 0.3) is 0 Å². The third-order valence-electron chi connectivity index (χ3n) is 5.63. The normalized spacial score (nSPS) is 15.6. The largest absolute Gasteiger partial charge is 0.539 e. The maximum absolute atomic E-state index is 13.5. The Morgan fingerprint density at radius 2 is 1.91 bits per heavy atom. The minimum atomic E-state index is -0.916. The number of amides is 2. The molecule has 0 saturated carbocycles. The second kappa shape index (κ2) is 10.1. The van der Waals surface area contributed by atoms with E-state index in [4.69, 9.17) is 21.5 Å². The van der Waals surface area contributed by atoms with E-state index in [9.17, 15) is 14.7 Å². The number of hydrogen-bond acceptors (Lipinski definition) is 7. The molecule has 0 aliphatic carbocycles. The monoisotopic (exact) mass is 495 g/mol. The summed E-state index contributed by atoms with van der Waals surface area (Å²) in [5.74, 6) is -0.666. The van der Waals surface area contributed by atoms with Crippen LogP contribution in [0.5, 0.6) is 11.7 Å². The summed E-state index contributed by atoms with van der Waals surface area (Å²) in [6, 6.07) is 13.4. The predicted octanol–water partition coefficient (Wildman–Crippen LogP) is 1.81. The van der Waals surface area contributed by atoms with Gasteiger partial charge in [-0.15, -0.1) is 0 Å². The number of aryl methyl sites for hydroxylation is 2. The van der Waals surface area contributed by atoms with Gasteiger partial charge in [-0.3, -0.25) is 14.5 Å². The Kier molecular flexibility index (Phi) is 6.97. The standard InChI is InChI=1S/C24H25N5O5S/c1-4-33-18-11-7-16(8-12-18)25-21(30)13-19-22(31)29(17-9-5-15(2)6-10-17)24(35)28(19)14-20-23(32)34-26-27(20)3/h5-12,19H,4,13-14H2,1-3H3,(H-,25,26,30,32). The number of nitrogens with one attached hydrogen (secondary N) is 1. The molecule has 11 heteroatoms. The molecule has 182 valence electrons. The minimum Gasteiger partial charge on any atom is -0.539 e. The van der Waals surface area contributed by atoms with Crippen molar-refractivity contribution in [3.63, 3.8) is 0 Å². The Labute approximate surface area is 207 Å². The molecule has 1 aliphatic heterocycles. The van der Waals surface area contributed by atoms with Gasteiger partial charge in [0.2, 0.25) is 5.91 Å². The van der Waals surface area contributed by atoms with Crippen LogP contribution in [0.15, 0.2) is 53.1 Å². The van der Waals surface area contributed by atoms with Crippen LogP contribution in [0, 0.1) is 6.92 Å². The minimum absolute atomic E-state index is 0.0350. The Hall–Kier alpha value is -3.99. The first-order valence-electron chi connectivity index (χ1n) is 11.0. The SMILES string of the molecule is CCOc1ccc(NC(=O)CC2C(=O)N(c3ccc(C)cc3)C(=S)N2Cc2c([O-])on[n+]2C)cc1. The lowest BCUT2D eigenvalue weighted by Crippen LogP contribution is -2.42. The van der Waals surface area contributed by atoms with Crippen molar-refractivity contribution < 1.29 is 28.6 Å². The molecule has 35 heavy (non-hydrogen) atoms. The van der Waals surface area contributed by atoms with Crippen molar-refractivity contribution in [1.82, 2.24) is 10.2 Å². The first kappa shape index (κ1) is 24.1. The molecule has 0 radical (unpaired) electrons. The average molecular weight is 496 g/mol. The maximum Gasteiger partial charge on any atom is 0.256 e. The van der Waals surface area contributed by atoms with Gasteiger partial charge in [0.05, 0.1) is 24.0 Å². The van der Waals surface area contributed by atoms with Crippen molar-refractivity contribution in [3.05, 3.63) is 59.8 Å². The molecule has 10 nitrogen and oxygen atoms in total. The Morgan fingerprint density at radius 3 is 2.51 bits per heavy atom. The summed E-state index contributed by atoms with van der Waals surface area (Å²) in [6.45, 7) is 4.33. The van der Waals surface area contributed by atoms with E-state index in [0.29, 0.717) is 23.7 Å². The fourth-order valence-corrected chi connectivity index (χ4v) is 4.18. The second-order valence-electron chi connectivity index (χ2n) is 8.08. The highest BCUT2D eigenvalue weighted by Gasteiger charge is 2.45. The number of aromatic nitrogens is 2. The summed E-state index contributed by atoms with van der Waals surface area (Å²) in [6.07, 6.45) is -0.169. The fraction of sp³-hybridized carbons (Fsp3) is 0.292. The molecule has 2 heterocycles. The number of benzene rings is 2. The Bertz CT molecular complexity index is 1220. The Morgan fingerprint density at radius 1 is 1.23 bits per heavy atom. The zero-order chi connectivity index (χ0) is 25.1. The maximum atomic E-state index is 13.5. The molecule has 3 aromatic rings. The van der Waals surface area contributed by atoms with Crippen molar-refractivity contribution in [1.29, 1.82) is 0 Å². The number of carbonyl (C=O) groups excluding carboxylic acids is 2. The highest BCUT2D eigenvalue weighted by Crippen LogP contribution is 2.29. The number of carbonyl (C=O) groups is 2. The van der Waals surface area contributed by atoms with Crippen molar-refractivity contribution in [2.45, 2.75) is 32.9 Å². The van der Waals surface area contributed by atoms with Crippen LogP contribution in [0.3, 0.4) is 0 Å². The van der Waals surface area contributed by atoms with E-state index in [1.165, 1.54) is 9.58 Å². The molecule has 1 atom stereocenters. The molecule has 1 aromatic heterocycles. The zero-order valence-electron chi connectivity index (χ0n) is 19.6. The molecule has 1 N–H and O–H groups in total. The van der Waals surface area contributed by atoms with Crippen LogP contribution in [-0.2, 0) is 23.2 Å². The molecule has 0 spiro atoms. The van der Waals surface area contributed by atoms with Crippen molar-refractivity contribution >= 4 is 40.5 Å². The van der Waals surface area contributed by atoms with Gasteiger partial charge in [-0.1, -0.05) is 22.4 Å². The van der Waals surface area contributed by atoms with Gasteiger partial charge >= 0.3 is 0 Å². The molecular formula is C24H25N5O5S. The summed E-state index contributed by atoms with van der Waals surface area (Å²) >= 11 is 5.64. The van der Waals surface area contributed by atoms with Gasteiger partial charge in [-0.25, -0.2) is 0 Å². The van der Waals surface area contributed by atoms with E-state index in [1.54, 1.807) is 48.3 Å². The Balaban J connectivity index is 1.58. The van der Waals surface area contributed by atoms with Crippen molar-refractivity contribution in [2.24, 2.45) is 7.05 Å². The van der Waals surface area contributed by atoms with Crippen LogP contribution in [-0.4, -0.2) is 39.7 Å². The molecule has 4 rings (SSSR count). The van der Waals surface area contributed by atoms with Gasteiger partial charge in [0, 0.05) is 5.69 Å². The van der Waals surface area contributed by atoms with Gasteiger partial charge in [-0.2, -0.15) is 0 Å². The summed E-state index contributed by atoms with van der Waals surface area (Å²) in [5.41, 5.74) is 2.40. The van der Waals surface area contributed by atoms with E-state index >= 15 is 0 Å². The number of anilines is 2. The summed E-state index contributed by atoms with van der Waals surface area (Å²) in [7, 11) is 1.56. The lowest BCUT2D eigenvalue weighted by atomic mass is 10.1. The van der Waals surface area contributed by atoms with E-state index in [-0.39, 0.29) is 35.6 Å². The van der Waals surface area contributed by atoms with Crippen LogP contribution in [0.1, 0.15) is 24.6 Å². The molecule has 0 bridgehead atoms. The first-order valence-corrected chi connectivity index (χ1v) is 11.4. The topological polar surface area (TPSA) is 115 Å². The first-order chi connectivity index (χ1) is 16.8. The predicted molar refractivity (Wildman–Crippen MR) is 129 cm³/mol. The summed E-state index contributed by atoms with van der Waals surface area (Å²) < 4.78 is 11.4. The summed E-state index contributed by atoms with van der Waals surface area (Å²) in [5, 5.41) is 18.8. The molecule has 1 unspecified atom stereocenters. The second-order valence-corrected chi connectivity index (χ2v) is 8.44. The van der Waals surface area contributed by atoms with Gasteiger partial charge in [0.1, 0.15) is 18.3 Å². The molecule has 2 amide bonds. The fourth-order valence-electron chi connectivity index (χ4n) is 3.79. The molecule has 2 aromatic carbocycles. The third-order valence-corrected chi connectivity index (χ3v) is 6.05. The van der Waals surface area contributed by atoms with Gasteiger partial charge in [0.25, 0.3) is 11.6 Å². The number of thiocarbonyl (C=S) groups is 1. The number of hydrogen-bond donors (Lipinski definition) is 1. The van der Waals surface area contributed by atoms with Crippen LogP contribution in [0.4, 0.5) is 11.4 Å². The van der Waals surface area contributed by atoms with E-state index in [0.717, 1.165) is 5.56 Å². The highest BCUT2D eigenvalue weighted by molar-refractivity contribution is 7.80. The van der Waals surface area contributed by atoms with Crippen LogP contribution < -0.4 is 24.7 Å². The number of ether oxygens (including phenoxy) is 1. The molecule has 1 fully saturated rings. The number of rotatable bonds is 8. The smallest absolute Gasteiger partial charge is 0.256 e. The van der Waals surface area contributed by atoms with Crippen LogP contribution in [0.2, 0.25) is 0 Å². The van der Waals surface area contributed by atoms with E-state index in [1.807, 2.05) is 26.0 Å². The summed E-state index contributed by atoms with van der Waals surface area (Å²) in [4.78, 5) is 29.4. The van der Waals surface area contributed by atoms with Gasteiger partial charge < -0.3 is 24.6 Å². The zero-order valence-corrected chi connectivity index (χ0v) is 20.4. The van der Waals surface area contributed by atoms with Crippen molar-refractivity contribution in [2.75, 3.05) is 16.8 Å². The third kappa shape index (κ3) is 5.09. The van der Waals surface area contributed by atoms with Crippen LogP contribution >= 0.6 is 12.2 Å². The highest BCUT2D eigenvalue weighted by atomic mass is 32.1. The lowest BCUT2D eigenvalue weighted by molar-refractivity contribution is -0.746. The van der Waals surface area contributed by atoms with E-state index in [2.05, 4.69) is 10.6 Å². The van der Waals surface area contributed by atoms with Crippen molar-refractivity contribution in [3.8, 4) is 11.7 Å². The van der Waals surface area contributed by atoms with Gasteiger partial charge in [0.15, 0.2) is 18.1 Å². The molecular weight excluding hydrogens is 470 g/mol. The molecule has 1 aliphatic rings. The number of nitrogens with zero attached hydrogens (tertiary/aromatic N) is 4. The lowest BCUT2D eigenvalue weighted by Gasteiger charge is -2.22. The van der Waals surface area contributed by atoms with Gasteiger partial charge in [-0.05, 0) is 62.5 Å². The quantitative estimate of drug-likeness (QED) is 0.372. The molecule has 1 saturated heterocycles. The van der Waals surface area contributed by atoms with E-state index < -0.39 is 12.0 Å². The average Bonchev–Trinajstić information content (AvgIpc) is 3.26.